The van der Waals surface area contributed by atoms with E-state index in [0.29, 0.717) is 17.0 Å². The summed E-state index contributed by atoms with van der Waals surface area (Å²) in [5, 5.41) is 18.2. The van der Waals surface area contributed by atoms with E-state index in [2.05, 4.69) is 20.4 Å². The largest absolute Gasteiger partial charge is 0.494 e. The molecule has 0 aliphatic rings. The molecule has 0 amide bonds. The SMILES string of the molecule is COc1cc(F)c([N+](=O)[O-])cc1Nc1ncc(OC)c(-c2cnn3ccccc23)n1. The van der Waals surface area contributed by atoms with Crippen LogP contribution in [-0.4, -0.2) is 38.7 Å². The molecular formula is C19H15FN6O4. The summed E-state index contributed by atoms with van der Waals surface area (Å²) in [7, 11) is 2.82. The van der Waals surface area contributed by atoms with Crippen LogP contribution < -0.4 is 14.8 Å². The van der Waals surface area contributed by atoms with Gasteiger partial charge in [0.25, 0.3) is 0 Å². The third-order valence-corrected chi connectivity index (χ3v) is 4.37. The molecular weight excluding hydrogens is 395 g/mol. The van der Waals surface area contributed by atoms with Crippen molar-refractivity contribution in [2.75, 3.05) is 19.5 Å². The number of aromatic nitrogens is 4. The average Bonchev–Trinajstić information content (AvgIpc) is 3.18. The summed E-state index contributed by atoms with van der Waals surface area (Å²) < 4.78 is 26.1. The zero-order valence-electron chi connectivity index (χ0n) is 15.9. The van der Waals surface area contributed by atoms with Gasteiger partial charge < -0.3 is 14.8 Å². The number of pyridine rings is 1. The van der Waals surface area contributed by atoms with Gasteiger partial charge in [0, 0.05) is 18.3 Å². The van der Waals surface area contributed by atoms with Gasteiger partial charge in [-0.15, -0.1) is 0 Å². The van der Waals surface area contributed by atoms with E-state index in [0.717, 1.165) is 17.6 Å². The molecule has 0 aliphatic heterocycles. The second-order valence-corrected chi connectivity index (χ2v) is 6.09. The van der Waals surface area contributed by atoms with Gasteiger partial charge in [-0.25, -0.2) is 14.5 Å². The Morgan fingerprint density at radius 2 is 1.97 bits per heavy atom. The molecule has 4 aromatic rings. The average molecular weight is 410 g/mol. The van der Waals surface area contributed by atoms with E-state index in [1.54, 1.807) is 16.9 Å². The fourth-order valence-corrected chi connectivity index (χ4v) is 2.96. The fourth-order valence-electron chi connectivity index (χ4n) is 2.96. The molecule has 1 N–H and O–H groups in total. The number of hydrogen-bond donors (Lipinski definition) is 1. The smallest absolute Gasteiger partial charge is 0.307 e. The van der Waals surface area contributed by atoms with Crippen molar-refractivity contribution in [1.29, 1.82) is 0 Å². The molecule has 152 valence electrons. The molecule has 11 heteroatoms. The Morgan fingerprint density at radius 3 is 2.70 bits per heavy atom. The minimum atomic E-state index is -1.01. The maximum Gasteiger partial charge on any atom is 0.307 e. The van der Waals surface area contributed by atoms with E-state index in [4.69, 9.17) is 9.47 Å². The lowest BCUT2D eigenvalue weighted by molar-refractivity contribution is -0.387. The molecule has 0 bridgehead atoms. The second-order valence-electron chi connectivity index (χ2n) is 6.09. The second kappa shape index (κ2) is 7.62. The third kappa shape index (κ3) is 3.32. The molecule has 0 saturated heterocycles. The molecule has 0 radical (unpaired) electrons. The van der Waals surface area contributed by atoms with Crippen molar-refractivity contribution >= 4 is 22.8 Å². The highest BCUT2D eigenvalue weighted by Crippen LogP contribution is 2.35. The summed E-state index contributed by atoms with van der Waals surface area (Å²) in [5.74, 6) is -0.420. The molecule has 10 nitrogen and oxygen atoms in total. The van der Waals surface area contributed by atoms with Gasteiger partial charge in [-0.3, -0.25) is 10.1 Å². The van der Waals surface area contributed by atoms with Gasteiger partial charge in [0.2, 0.25) is 11.8 Å². The van der Waals surface area contributed by atoms with Crippen molar-refractivity contribution < 1.29 is 18.8 Å². The van der Waals surface area contributed by atoms with E-state index in [9.17, 15) is 14.5 Å². The van der Waals surface area contributed by atoms with E-state index in [1.807, 2.05) is 18.2 Å². The molecule has 0 spiro atoms. The number of nitrogens with zero attached hydrogens (tertiary/aromatic N) is 5. The Hall–Kier alpha value is -4.28. The van der Waals surface area contributed by atoms with Gasteiger partial charge in [-0.2, -0.15) is 9.49 Å². The number of nitro groups is 1. The summed E-state index contributed by atoms with van der Waals surface area (Å²) in [6.07, 6.45) is 4.91. The van der Waals surface area contributed by atoms with Crippen LogP contribution in [0.25, 0.3) is 16.8 Å². The van der Waals surface area contributed by atoms with Gasteiger partial charge in [0.15, 0.2) is 5.75 Å². The van der Waals surface area contributed by atoms with E-state index < -0.39 is 16.4 Å². The first-order valence-electron chi connectivity index (χ1n) is 8.64. The van der Waals surface area contributed by atoms with Crippen LogP contribution in [0, 0.1) is 15.9 Å². The first-order chi connectivity index (χ1) is 14.5. The van der Waals surface area contributed by atoms with Crippen LogP contribution in [0.4, 0.5) is 21.7 Å². The molecule has 0 saturated carbocycles. The predicted octanol–water partition coefficient (Wildman–Crippen LogP) is 3.60. The Balaban J connectivity index is 1.80. The van der Waals surface area contributed by atoms with Gasteiger partial charge >= 0.3 is 5.69 Å². The molecule has 0 aliphatic carbocycles. The van der Waals surface area contributed by atoms with Crippen molar-refractivity contribution in [1.82, 2.24) is 19.6 Å². The third-order valence-electron chi connectivity index (χ3n) is 4.37. The van der Waals surface area contributed by atoms with Crippen LogP contribution in [0.15, 0.2) is 48.9 Å². The minimum absolute atomic E-state index is 0.0649. The van der Waals surface area contributed by atoms with Crippen LogP contribution in [0.5, 0.6) is 11.5 Å². The number of anilines is 2. The highest BCUT2D eigenvalue weighted by molar-refractivity contribution is 5.81. The minimum Gasteiger partial charge on any atom is -0.494 e. The lowest BCUT2D eigenvalue weighted by Gasteiger charge is -2.12. The lowest BCUT2D eigenvalue weighted by Crippen LogP contribution is -2.03. The number of halogens is 1. The quantitative estimate of drug-likeness (QED) is 0.379. The zero-order valence-corrected chi connectivity index (χ0v) is 15.9. The number of rotatable bonds is 6. The molecule has 4 rings (SSSR count). The standard InChI is InChI=1S/C19H15FN6O4/c1-29-16-7-12(20)15(26(27)28)8-13(16)23-19-21-10-17(30-2)18(24-19)11-9-22-25-6-4-3-5-14(11)25/h3-10H,1-2H3,(H,21,23,24). The van der Waals surface area contributed by atoms with Gasteiger partial charge in [-0.05, 0) is 12.1 Å². The van der Waals surface area contributed by atoms with Crippen molar-refractivity contribution in [3.8, 4) is 22.8 Å². The summed E-state index contributed by atoms with van der Waals surface area (Å²) in [5.41, 5.74) is 1.41. The number of nitro benzene ring substituents is 1. The highest BCUT2D eigenvalue weighted by Gasteiger charge is 2.21. The van der Waals surface area contributed by atoms with Crippen LogP contribution in [0.2, 0.25) is 0 Å². The number of ether oxygens (including phenoxy) is 2. The number of nitrogens with one attached hydrogen (secondary N) is 1. The number of hydrogen-bond acceptors (Lipinski definition) is 8. The Bertz CT molecular complexity index is 1260. The maximum atomic E-state index is 13.9. The van der Waals surface area contributed by atoms with Crippen LogP contribution in [0.3, 0.4) is 0 Å². The zero-order chi connectivity index (χ0) is 21.3. The van der Waals surface area contributed by atoms with Crippen LogP contribution in [-0.2, 0) is 0 Å². The molecule has 3 aromatic heterocycles. The maximum absolute atomic E-state index is 13.9. The molecule has 30 heavy (non-hydrogen) atoms. The number of benzene rings is 1. The Labute approximate surface area is 169 Å². The lowest BCUT2D eigenvalue weighted by atomic mass is 10.2. The monoisotopic (exact) mass is 410 g/mol. The topological polar surface area (TPSA) is 117 Å². The summed E-state index contributed by atoms with van der Waals surface area (Å²) in [4.78, 5) is 18.9. The van der Waals surface area contributed by atoms with Gasteiger partial charge in [0.1, 0.15) is 11.4 Å². The summed E-state index contributed by atoms with van der Waals surface area (Å²) >= 11 is 0. The van der Waals surface area contributed by atoms with Crippen LogP contribution >= 0.6 is 0 Å². The van der Waals surface area contributed by atoms with E-state index in [1.165, 1.54) is 20.4 Å². The van der Waals surface area contributed by atoms with E-state index in [-0.39, 0.29) is 17.4 Å². The molecule has 0 unspecified atom stereocenters. The van der Waals surface area contributed by atoms with Crippen molar-refractivity contribution in [3.63, 3.8) is 0 Å². The van der Waals surface area contributed by atoms with Crippen molar-refractivity contribution in [3.05, 3.63) is 64.9 Å². The summed E-state index contributed by atoms with van der Waals surface area (Å²) in [6, 6.07) is 7.55. The van der Waals surface area contributed by atoms with Gasteiger partial charge in [0.05, 0.1) is 48.3 Å². The first kappa shape index (κ1) is 19.1. The molecule has 1 aromatic carbocycles. The molecule has 0 atom stereocenters. The van der Waals surface area contributed by atoms with Crippen LogP contribution in [0.1, 0.15) is 0 Å². The first-order valence-corrected chi connectivity index (χ1v) is 8.64. The molecule has 0 fully saturated rings. The number of fused-ring (bicyclic) bond motifs is 1. The summed E-state index contributed by atoms with van der Waals surface area (Å²) in [6.45, 7) is 0. The predicted molar refractivity (Wildman–Crippen MR) is 106 cm³/mol. The van der Waals surface area contributed by atoms with Crippen molar-refractivity contribution in [2.24, 2.45) is 0 Å². The fraction of sp³-hybridized carbons (Fsp3) is 0.105. The normalized spacial score (nSPS) is 10.8. The molecule has 3 heterocycles. The van der Waals surface area contributed by atoms with Crippen molar-refractivity contribution in [2.45, 2.75) is 0 Å². The van der Waals surface area contributed by atoms with Gasteiger partial charge in [-0.1, -0.05) is 6.07 Å². The number of methoxy groups -OCH3 is 2. The Kier molecular flexibility index (Phi) is 4.84. The Morgan fingerprint density at radius 1 is 1.17 bits per heavy atom. The van der Waals surface area contributed by atoms with E-state index >= 15 is 0 Å². The highest BCUT2D eigenvalue weighted by atomic mass is 19.1.